The maximum atomic E-state index is 13.4. The van der Waals surface area contributed by atoms with Crippen LogP contribution in [-0.2, 0) is 14.3 Å². The van der Waals surface area contributed by atoms with Crippen LogP contribution in [0.4, 0.5) is 10.1 Å². The second kappa shape index (κ2) is 8.84. The van der Waals surface area contributed by atoms with Crippen molar-refractivity contribution in [2.75, 3.05) is 17.7 Å². The van der Waals surface area contributed by atoms with Gasteiger partial charge in [-0.25, -0.2) is 4.39 Å². The fraction of sp³-hybridized carbons (Fsp3) is 0.176. The molecule has 2 aromatic rings. The number of ether oxygens (including phenoxy) is 1. The number of aryl methyl sites for hydroxylation is 1. The minimum Gasteiger partial charge on any atom is -0.455 e. The molecule has 2 aromatic carbocycles. The standard InChI is InChI=1S/C17H15BrFNO3S/c1-11-8-12(18)6-7-14(11)20-16(21)9-23-17(22)10-24-15-5-3-2-4-13(15)19/h2-8H,9-10H2,1H3,(H,20,21). The van der Waals surface area contributed by atoms with E-state index >= 15 is 0 Å². The average molecular weight is 412 g/mol. The van der Waals surface area contributed by atoms with Crippen molar-refractivity contribution < 1.29 is 18.7 Å². The van der Waals surface area contributed by atoms with Crippen molar-refractivity contribution in [2.24, 2.45) is 0 Å². The smallest absolute Gasteiger partial charge is 0.316 e. The first-order valence-corrected chi connectivity index (χ1v) is 8.82. The van der Waals surface area contributed by atoms with E-state index in [-0.39, 0.29) is 12.4 Å². The molecule has 7 heteroatoms. The van der Waals surface area contributed by atoms with Crippen LogP contribution in [0, 0.1) is 12.7 Å². The summed E-state index contributed by atoms with van der Waals surface area (Å²) in [5.74, 6) is -1.46. The number of hydrogen-bond donors (Lipinski definition) is 1. The van der Waals surface area contributed by atoms with E-state index in [1.807, 2.05) is 13.0 Å². The van der Waals surface area contributed by atoms with Gasteiger partial charge in [0, 0.05) is 15.1 Å². The Balaban J connectivity index is 1.77. The zero-order valence-electron chi connectivity index (χ0n) is 12.8. The summed E-state index contributed by atoms with van der Waals surface area (Å²) in [6.45, 7) is 1.48. The first-order valence-electron chi connectivity index (χ1n) is 7.04. The molecule has 0 unspecified atom stereocenters. The van der Waals surface area contributed by atoms with E-state index in [2.05, 4.69) is 21.2 Å². The third-order valence-corrected chi connectivity index (χ3v) is 4.52. The SMILES string of the molecule is Cc1cc(Br)ccc1NC(=O)COC(=O)CSc1ccccc1F. The molecule has 1 amide bonds. The van der Waals surface area contributed by atoms with E-state index in [0.717, 1.165) is 21.8 Å². The highest BCUT2D eigenvalue weighted by molar-refractivity contribution is 9.10. The number of esters is 1. The zero-order valence-corrected chi connectivity index (χ0v) is 15.2. The molecule has 0 spiro atoms. The number of amides is 1. The van der Waals surface area contributed by atoms with Gasteiger partial charge in [-0.15, -0.1) is 11.8 Å². The molecular weight excluding hydrogens is 397 g/mol. The summed E-state index contributed by atoms with van der Waals surface area (Å²) in [5.41, 5.74) is 1.54. The van der Waals surface area contributed by atoms with Gasteiger partial charge in [0.25, 0.3) is 5.91 Å². The summed E-state index contributed by atoms with van der Waals surface area (Å²) in [6.07, 6.45) is 0. The number of anilines is 1. The topological polar surface area (TPSA) is 55.4 Å². The Hall–Kier alpha value is -1.86. The highest BCUT2D eigenvalue weighted by Gasteiger charge is 2.11. The first kappa shape index (κ1) is 18.5. The second-order valence-electron chi connectivity index (χ2n) is 4.89. The molecular formula is C17H15BrFNO3S. The van der Waals surface area contributed by atoms with Gasteiger partial charge in [-0.2, -0.15) is 0 Å². The number of carbonyl (C=O) groups excluding carboxylic acids is 2. The van der Waals surface area contributed by atoms with Crippen molar-refractivity contribution >= 4 is 45.3 Å². The quantitative estimate of drug-likeness (QED) is 0.572. The van der Waals surface area contributed by atoms with Gasteiger partial charge < -0.3 is 10.1 Å². The molecule has 0 radical (unpaired) electrons. The van der Waals surface area contributed by atoms with Crippen molar-refractivity contribution in [1.29, 1.82) is 0 Å². The summed E-state index contributed by atoms with van der Waals surface area (Å²) in [7, 11) is 0. The van der Waals surface area contributed by atoms with Gasteiger partial charge in [-0.3, -0.25) is 9.59 Å². The first-order chi connectivity index (χ1) is 11.5. The third-order valence-electron chi connectivity index (χ3n) is 3.01. The van der Waals surface area contributed by atoms with E-state index in [1.165, 1.54) is 6.07 Å². The predicted octanol–water partition coefficient (Wildman–Crippen LogP) is 4.17. The van der Waals surface area contributed by atoms with Gasteiger partial charge in [0.05, 0.1) is 5.75 Å². The maximum absolute atomic E-state index is 13.4. The lowest BCUT2D eigenvalue weighted by molar-refractivity contribution is -0.144. The maximum Gasteiger partial charge on any atom is 0.316 e. The Bertz CT molecular complexity index is 754. The molecule has 0 aliphatic carbocycles. The number of benzene rings is 2. The number of thioether (sulfide) groups is 1. The number of halogens is 2. The van der Waals surface area contributed by atoms with Crippen LogP contribution in [0.1, 0.15) is 5.56 Å². The molecule has 126 valence electrons. The molecule has 4 nitrogen and oxygen atoms in total. The summed E-state index contributed by atoms with van der Waals surface area (Å²) < 4.78 is 19.2. The van der Waals surface area contributed by atoms with Crippen LogP contribution in [0.5, 0.6) is 0 Å². The Morgan fingerprint density at radius 2 is 2.00 bits per heavy atom. The van der Waals surface area contributed by atoms with E-state index in [9.17, 15) is 14.0 Å². The minimum absolute atomic E-state index is 0.0640. The molecule has 0 heterocycles. The lowest BCUT2D eigenvalue weighted by Gasteiger charge is -2.09. The molecule has 1 N–H and O–H groups in total. The number of rotatable bonds is 6. The van der Waals surface area contributed by atoms with E-state index in [0.29, 0.717) is 10.6 Å². The van der Waals surface area contributed by atoms with Crippen LogP contribution < -0.4 is 5.32 Å². The molecule has 0 saturated carbocycles. The summed E-state index contributed by atoms with van der Waals surface area (Å²) >= 11 is 4.37. The molecule has 0 saturated heterocycles. The Morgan fingerprint density at radius 3 is 2.71 bits per heavy atom. The molecule has 2 rings (SSSR count). The van der Waals surface area contributed by atoms with Gasteiger partial charge in [0.15, 0.2) is 6.61 Å². The van der Waals surface area contributed by atoms with E-state index < -0.39 is 17.7 Å². The summed E-state index contributed by atoms with van der Waals surface area (Å²) in [5, 5.41) is 2.67. The van der Waals surface area contributed by atoms with Crippen LogP contribution in [-0.4, -0.2) is 24.2 Å². The Labute approximate surface area is 151 Å². The van der Waals surface area contributed by atoms with Crippen molar-refractivity contribution in [1.82, 2.24) is 0 Å². The predicted molar refractivity (Wildman–Crippen MR) is 95.6 cm³/mol. The van der Waals surface area contributed by atoms with Gasteiger partial charge in [-0.05, 0) is 42.8 Å². The molecule has 0 bridgehead atoms. The lowest BCUT2D eigenvalue weighted by Crippen LogP contribution is -2.22. The number of carbonyl (C=O) groups is 2. The van der Waals surface area contributed by atoms with Crippen LogP contribution >= 0.6 is 27.7 Å². The van der Waals surface area contributed by atoms with Crippen LogP contribution in [0.25, 0.3) is 0 Å². The van der Waals surface area contributed by atoms with Crippen molar-refractivity contribution in [3.8, 4) is 0 Å². The number of hydrogen-bond acceptors (Lipinski definition) is 4. The van der Waals surface area contributed by atoms with Crippen molar-refractivity contribution in [3.63, 3.8) is 0 Å². The average Bonchev–Trinajstić information content (AvgIpc) is 2.55. The van der Waals surface area contributed by atoms with Gasteiger partial charge >= 0.3 is 5.97 Å². The molecule has 24 heavy (non-hydrogen) atoms. The molecule has 0 aliphatic rings. The summed E-state index contributed by atoms with van der Waals surface area (Å²) in [6, 6.07) is 11.6. The molecule has 0 atom stereocenters. The van der Waals surface area contributed by atoms with Crippen LogP contribution in [0.15, 0.2) is 51.8 Å². The zero-order chi connectivity index (χ0) is 17.5. The highest BCUT2D eigenvalue weighted by atomic mass is 79.9. The monoisotopic (exact) mass is 411 g/mol. The van der Waals surface area contributed by atoms with Gasteiger partial charge in [-0.1, -0.05) is 28.1 Å². The molecule has 0 fully saturated rings. The largest absolute Gasteiger partial charge is 0.455 e. The Morgan fingerprint density at radius 1 is 1.25 bits per heavy atom. The van der Waals surface area contributed by atoms with Crippen molar-refractivity contribution in [2.45, 2.75) is 11.8 Å². The van der Waals surface area contributed by atoms with Crippen LogP contribution in [0.3, 0.4) is 0 Å². The van der Waals surface area contributed by atoms with Crippen molar-refractivity contribution in [3.05, 3.63) is 58.3 Å². The van der Waals surface area contributed by atoms with Gasteiger partial charge in [0.2, 0.25) is 0 Å². The Kier molecular flexibility index (Phi) is 6.81. The minimum atomic E-state index is -0.578. The number of nitrogens with one attached hydrogen (secondary N) is 1. The second-order valence-corrected chi connectivity index (χ2v) is 6.82. The van der Waals surface area contributed by atoms with Gasteiger partial charge in [0.1, 0.15) is 5.82 Å². The fourth-order valence-corrected chi connectivity index (χ4v) is 3.05. The molecule has 0 aliphatic heterocycles. The van der Waals surface area contributed by atoms with E-state index in [1.54, 1.807) is 30.3 Å². The van der Waals surface area contributed by atoms with E-state index in [4.69, 9.17) is 4.74 Å². The third kappa shape index (κ3) is 5.65. The normalized spacial score (nSPS) is 10.3. The fourth-order valence-electron chi connectivity index (χ4n) is 1.84. The lowest BCUT2D eigenvalue weighted by atomic mass is 10.2. The highest BCUT2D eigenvalue weighted by Crippen LogP contribution is 2.21. The summed E-state index contributed by atoms with van der Waals surface area (Å²) in [4.78, 5) is 23.8. The van der Waals surface area contributed by atoms with Crippen LogP contribution in [0.2, 0.25) is 0 Å². The molecule has 0 aromatic heterocycles.